The van der Waals surface area contributed by atoms with Crippen LogP contribution in [0.1, 0.15) is 44.4 Å². The summed E-state index contributed by atoms with van der Waals surface area (Å²) in [5.41, 5.74) is 3.02. The molecular weight excluding hydrogens is 392 g/mol. The van der Waals surface area contributed by atoms with Crippen LogP contribution < -0.4 is 10.6 Å². The van der Waals surface area contributed by atoms with Crippen LogP contribution in [-0.4, -0.2) is 37.0 Å². The third-order valence-corrected chi connectivity index (χ3v) is 5.04. The minimum absolute atomic E-state index is 0.0253. The van der Waals surface area contributed by atoms with E-state index >= 15 is 0 Å². The smallest absolute Gasteiger partial charge is 0.328 e. The summed E-state index contributed by atoms with van der Waals surface area (Å²) in [5, 5.41) is 5.43. The number of rotatable bonds is 8. The molecule has 0 fully saturated rings. The van der Waals surface area contributed by atoms with E-state index in [1.807, 2.05) is 54.6 Å². The summed E-state index contributed by atoms with van der Waals surface area (Å²) in [4.78, 5) is 37.0. The summed E-state index contributed by atoms with van der Waals surface area (Å²) in [6.45, 7) is 7.76. The molecular formula is C25H32N2O4. The molecule has 0 saturated carbocycles. The van der Waals surface area contributed by atoms with Gasteiger partial charge >= 0.3 is 5.97 Å². The molecule has 2 aromatic carbocycles. The van der Waals surface area contributed by atoms with E-state index in [9.17, 15) is 14.4 Å². The largest absolute Gasteiger partial charge is 0.467 e. The Hall–Kier alpha value is -3.15. The van der Waals surface area contributed by atoms with Crippen LogP contribution in [0, 0.1) is 0 Å². The lowest BCUT2D eigenvalue weighted by molar-refractivity contribution is -0.145. The maximum atomic E-state index is 13.0. The van der Waals surface area contributed by atoms with Crippen LogP contribution in [0.5, 0.6) is 0 Å². The lowest BCUT2D eigenvalue weighted by Crippen LogP contribution is -2.53. The van der Waals surface area contributed by atoms with Gasteiger partial charge in [-0.15, -0.1) is 0 Å². The van der Waals surface area contributed by atoms with Crippen LogP contribution in [0.4, 0.5) is 0 Å². The topological polar surface area (TPSA) is 84.5 Å². The van der Waals surface area contributed by atoms with Gasteiger partial charge in [0, 0.05) is 19.8 Å². The van der Waals surface area contributed by atoms with E-state index in [1.165, 1.54) is 19.6 Å². The van der Waals surface area contributed by atoms with Gasteiger partial charge in [0.15, 0.2) is 0 Å². The summed E-state index contributed by atoms with van der Waals surface area (Å²) < 4.78 is 4.90. The van der Waals surface area contributed by atoms with Gasteiger partial charge in [-0.25, -0.2) is 4.79 Å². The predicted octanol–water partition coefficient (Wildman–Crippen LogP) is 2.93. The van der Waals surface area contributed by atoms with Crippen LogP contribution in [-0.2, 0) is 37.4 Å². The number of carbonyl (C=O) groups excluding carboxylic acids is 3. The van der Waals surface area contributed by atoms with Crippen LogP contribution in [0.2, 0.25) is 0 Å². The van der Waals surface area contributed by atoms with E-state index in [2.05, 4.69) is 31.4 Å². The lowest BCUT2D eigenvalue weighted by Gasteiger charge is -2.23. The molecule has 2 rings (SSSR count). The summed E-state index contributed by atoms with van der Waals surface area (Å²) in [7, 11) is 1.29. The Morgan fingerprint density at radius 1 is 0.839 bits per heavy atom. The molecule has 2 N–H and O–H groups in total. The number of esters is 1. The van der Waals surface area contributed by atoms with Gasteiger partial charge in [-0.1, -0.05) is 75.4 Å². The first-order valence-electron chi connectivity index (χ1n) is 10.4. The molecule has 0 aliphatic carbocycles. The van der Waals surface area contributed by atoms with Crippen molar-refractivity contribution in [3.63, 3.8) is 0 Å². The molecule has 2 atom stereocenters. The maximum Gasteiger partial charge on any atom is 0.328 e. The van der Waals surface area contributed by atoms with Crippen molar-refractivity contribution < 1.29 is 19.1 Å². The SMILES string of the molecule is COC(=O)[C@H](Cc1ccc(C(C)(C)C)cc1)NC(=O)[C@@H](Cc1ccccc1)NC(C)=O. The van der Waals surface area contributed by atoms with Gasteiger partial charge in [-0.05, 0) is 22.1 Å². The van der Waals surface area contributed by atoms with Gasteiger partial charge < -0.3 is 15.4 Å². The quantitative estimate of drug-likeness (QED) is 0.638. The Balaban J connectivity index is 2.16. The number of ether oxygens (including phenoxy) is 1. The highest BCUT2D eigenvalue weighted by Gasteiger charge is 2.27. The third kappa shape index (κ3) is 7.55. The molecule has 0 aliphatic rings. The Labute approximate surface area is 184 Å². The number of hydrogen-bond acceptors (Lipinski definition) is 4. The minimum atomic E-state index is -0.856. The van der Waals surface area contributed by atoms with E-state index in [0.29, 0.717) is 12.8 Å². The van der Waals surface area contributed by atoms with Gasteiger partial charge in [-0.2, -0.15) is 0 Å². The van der Waals surface area contributed by atoms with Crippen molar-refractivity contribution in [2.24, 2.45) is 0 Å². The standard InChI is InChI=1S/C25H32N2O4/c1-17(28)26-21(15-18-9-7-6-8-10-18)23(29)27-22(24(30)31-5)16-19-11-13-20(14-12-19)25(2,3)4/h6-14,21-22H,15-16H2,1-5H3,(H,26,28)(H,27,29)/t21-,22+/m1/s1. The highest BCUT2D eigenvalue weighted by atomic mass is 16.5. The molecule has 6 nitrogen and oxygen atoms in total. The van der Waals surface area contributed by atoms with E-state index in [1.54, 1.807) is 0 Å². The Morgan fingerprint density at radius 3 is 1.90 bits per heavy atom. The molecule has 0 spiro atoms. The molecule has 2 amide bonds. The summed E-state index contributed by atoms with van der Waals surface area (Å²) in [6.07, 6.45) is 0.612. The second-order valence-corrected chi connectivity index (χ2v) is 8.68. The molecule has 0 aliphatic heterocycles. The van der Waals surface area contributed by atoms with Crippen molar-refractivity contribution in [2.45, 2.75) is 58.0 Å². The molecule has 0 bridgehead atoms. The second kappa shape index (κ2) is 10.8. The Morgan fingerprint density at radius 2 is 1.39 bits per heavy atom. The van der Waals surface area contributed by atoms with Gasteiger partial charge in [0.2, 0.25) is 11.8 Å². The lowest BCUT2D eigenvalue weighted by atomic mass is 9.86. The van der Waals surface area contributed by atoms with Crippen LogP contribution in [0.3, 0.4) is 0 Å². The van der Waals surface area contributed by atoms with Crippen molar-refractivity contribution in [3.8, 4) is 0 Å². The van der Waals surface area contributed by atoms with E-state index in [-0.39, 0.29) is 11.3 Å². The van der Waals surface area contributed by atoms with E-state index in [0.717, 1.165) is 11.1 Å². The van der Waals surface area contributed by atoms with E-state index in [4.69, 9.17) is 4.74 Å². The van der Waals surface area contributed by atoms with Crippen LogP contribution >= 0.6 is 0 Å². The number of carbonyl (C=O) groups is 3. The van der Waals surface area contributed by atoms with Crippen LogP contribution in [0.15, 0.2) is 54.6 Å². The molecule has 0 heterocycles. The Kier molecular flexibility index (Phi) is 8.37. The fourth-order valence-electron chi connectivity index (χ4n) is 3.29. The van der Waals surface area contributed by atoms with Crippen LogP contribution in [0.25, 0.3) is 0 Å². The van der Waals surface area contributed by atoms with Gasteiger partial charge in [0.1, 0.15) is 12.1 Å². The minimum Gasteiger partial charge on any atom is -0.467 e. The third-order valence-electron chi connectivity index (χ3n) is 5.04. The second-order valence-electron chi connectivity index (χ2n) is 8.68. The fraction of sp³-hybridized carbons (Fsp3) is 0.400. The normalized spacial score (nSPS) is 13.1. The number of benzene rings is 2. The first-order chi connectivity index (χ1) is 14.6. The highest BCUT2D eigenvalue weighted by Crippen LogP contribution is 2.22. The first-order valence-corrected chi connectivity index (χ1v) is 10.4. The van der Waals surface area contributed by atoms with Crippen molar-refractivity contribution in [1.82, 2.24) is 10.6 Å². The molecule has 2 aromatic rings. The van der Waals surface area contributed by atoms with E-state index < -0.39 is 24.0 Å². The van der Waals surface area contributed by atoms with Gasteiger partial charge in [-0.3, -0.25) is 9.59 Å². The maximum absolute atomic E-state index is 13.0. The molecule has 166 valence electrons. The molecule has 0 aromatic heterocycles. The van der Waals surface area contributed by atoms with Crippen molar-refractivity contribution >= 4 is 17.8 Å². The number of methoxy groups -OCH3 is 1. The predicted molar refractivity (Wildman–Crippen MR) is 121 cm³/mol. The zero-order valence-electron chi connectivity index (χ0n) is 18.9. The molecule has 31 heavy (non-hydrogen) atoms. The number of nitrogens with one attached hydrogen (secondary N) is 2. The molecule has 0 saturated heterocycles. The van der Waals surface area contributed by atoms with Crippen molar-refractivity contribution in [1.29, 1.82) is 0 Å². The summed E-state index contributed by atoms with van der Waals surface area (Å²) in [5.74, 6) is -1.28. The Bertz CT molecular complexity index is 886. The van der Waals surface area contributed by atoms with Crippen molar-refractivity contribution in [2.75, 3.05) is 7.11 Å². The average molecular weight is 425 g/mol. The van der Waals surface area contributed by atoms with Gasteiger partial charge in [0.25, 0.3) is 0 Å². The number of hydrogen-bond donors (Lipinski definition) is 2. The molecule has 6 heteroatoms. The number of amides is 2. The summed E-state index contributed by atoms with van der Waals surface area (Å²) in [6, 6.07) is 15.7. The zero-order chi connectivity index (χ0) is 23.0. The summed E-state index contributed by atoms with van der Waals surface area (Å²) >= 11 is 0. The highest BCUT2D eigenvalue weighted by molar-refractivity contribution is 5.90. The van der Waals surface area contributed by atoms with Gasteiger partial charge in [0.05, 0.1) is 7.11 Å². The monoisotopic (exact) mass is 424 g/mol. The van der Waals surface area contributed by atoms with Crippen molar-refractivity contribution in [3.05, 3.63) is 71.3 Å². The first kappa shape index (κ1) is 24.1. The molecule has 0 unspecified atom stereocenters. The fourth-order valence-corrected chi connectivity index (χ4v) is 3.29. The molecule has 0 radical (unpaired) electrons. The average Bonchev–Trinajstić information content (AvgIpc) is 2.72. The zero-order valence-corrected chi connectivity index (χ0v) is 18.9.